The largest absolute Gasteiger partial charge is 0.397 e. The summed E-state index contributed by atoms with van der Waals surface area (Å²) in [4.78, 5) is 11.9. The first-order valence-corrected chi connectivity index (χ1v) is 6.91. The summed E-state index contributed by atoms with van der Waals surface area (Å²) in [6.45, 7) is 2.18. The molecule has 112 valence electrons. The van der Waals surface area contributed by atoms with E-state index in [0.29, 0.717) is 38.3 Å². The third kappa shape index (κ3) is 5.54. The zero-order valence-corrected chi connectivity index (χ0v) is 12.8. The van der Waals surface area contributed by atoms with E-state index in [0.717, 1.165) is 0 Å². The summed E-state index contributed by atoms with van der Waals surface area (Å²) in [5, 5.41) is 3.28. The first-order chi connectivity index (χ1) is 9.56. The van der Waals surface area contributed by atoms with Crippen LogP contribution in [-0.4, -0.2) is 39.4 Å². The normalized spacial score (nSPS) is 10.6. The van der Waals surface area contributed by atoms with E-state index < -0.39 is 0 Å². The van der Waals surface area contributed by atoms with E-state index in [1.165, 1.54) is 12.1 Å². The molecular formula is C13H18Cl2N2O3. The highest BCUT2D eigenvalue weighted by atomic mass is 35.5. The van der Waals surface area contributed by atoms with Crippen LogP contribution in [0.4, 0.5) is 5.69 Å². The smallest absolute Gasteiger partial charge is 0.251 e. The van der Waals surface area contributed by atoms with Crippen molar-refractivity contribution in [2.24, 2.45) is 0 Å². The van der Waals surface area contributed by atoms with E-state index >= 15 is 0 Å². The number of nitrogen functional groups attached to an aromatic ring is 1. The summed E-state index contributed by atoms with van der Waals surface area (Å²) in [5.74, 6) is -0.243. The molecule has 0 bridgehead atoms. The summed E-state index contributed by atoms with van der Waals surface area (Å²) < 4.78 is 10.1. The predicted octanol–water partition coefficient (Wildman–Crippen LogP) is 2.36. The van der Waals surface area contributed by atoms with Crippen LogP contribution in [0.1, 0.15) is 16.8 Å². The molecule has 7 heteroatoms. The van der Waals surface area contributed by atoms with Crippen molar-refractivity contribution < 1.29 is 14.3 Å². The van der Waals surface area contributed by atoms with Crippen molar-refractivity contribution in [1.29, 1.82) is 0 Å². The van der Waals surface area contributed by atoms with Gasteiger partial charge in [0.25, 0.3) is 5.91 Å². The van der Waals surface area contributed by atoms with Crippen LogP contribution in [-0.2, 0) is 9.47 Å². The first-order valence-electron chi connectivity index (χ1n) is 6.15. The lowest BCUT2D eigenvalue weighted by atomic mass is 10.2. The fourth-order valence-electron chi connectivity index (χ4n) is 1.46. The number of benzene rings is 1. The molecule has 0 radical (unpaired) electrons. The lowest BCUT2D eigenvalue weighted by molar-refractivity contribution is 0.0688. The number of hydrogen-bond donors (Lipinski definition) is 2. The highest BCUT2D eigenvalue weighted by molar-refractivity contribution is 6.43. The third-order valence-electron chi connectivity index (χ3n) is 2.50. The fourth-order valence-corrected chi connectivity index (χ4v) is 1.80. The Bertz CT molecular complexity index is 432. The number of hydrogen-bond acceptors (Lipinski definition) is 4. The lowest BCUT2D eigenvalue weighted by Gasteiger charge is -2.08. The molecule has 0 heterocycles. The number of carbonyl (C=O) groups is 1. The van der Waals surface area contributed by atoms with Gasteiger partial charge in [-0.1, -0.05) is 23.2 Å². The molecule has 0 saturated carbocycles. The summed E-state index contributed by atoms with van der Waals surface area (Å²) >= 11 is 11.7. The minimum atomic E-state index is -0.243. The first kappa shape index (κ1) is 17.0. The molecular weight excluding hydrogens is 303 g/mol. The molecule has 0 aromatic heterocycles. The Morgan fingerprint density at radius 2 is 2.05 bits per heavy atom. The molecule has 1 amide bonds. The molecule has 1 aromatic rings. The van der Waals surface area contributed by atoms with Crippen LogP contribution in [0, 0.1) is 0 Å². The quantitative estimate of drug-likeness (QED) is 0.569. The summed E-state index contributed by atoms with van der Waals surface area (Å²) in [6.07, 6.45) is 0.715. The van der Waals surface area contributed by atoms with E-state index in [1.54, 1.807) is 7.11 Å². The van der Waals surface area contributed by atoms with Crippen molar-refractivity contribution in [2.45, 2.75) is 6.42 Å². The number of methoxy groups -OCH3 is 1. The number of amides is 1. The molecule has 0 atom stereocenters. The molecule has 0 spiro atoms. The van der Waals surface area contributed by atoms with Crippen molar-refractivity contribution in [3.05, 3.63) is 27.7 Å². The van der Waals surface area contributed by atoms with E-state index in [4.69, 9.17) is 38.4 Å². The van der Waals surface area contributed by atoms with Gasteiger partial charge in [-0.2, -0.15) is 0 Å². The molecule has 1 rings (SSSR count). The Morgan fingerprint density at radius 3 is 2.70 bits per heavy atom. The van der Waals surface area contributed by atoms with Gasteiger partial charge in [-0.15, -0.1) is 0 Å². The van der Waals surface area contributed by atoms with E-state index in [9.17, 15) is 4.79 Å². The Labute approximate surface area is 128 Å². The van der Waals surface area contributed by atoms with Crippen molar-refractivity contribution in [3.63, 3.8) is 0 Å². The summed E-state index contributed by atoms with van der Waals surface area (Å²) in [7, 11) is 1.62. The average Bonchev–Trinajstić information content (AvgIpc) is 2.43. The van der Waals surface area contributed by atoms with Crippen molar-refractivity contribution in [3.8, 4) is 0 Å². The van der Waals surface area contributed by atoms with Gasteiger partial charge in [0, 0.05) is 25.8 Å². The second kappa shape index (κ2) is 9.02. The SMILES string of the molecule is COCCOCCCNC(=O)c1cc(N)c(Cl)c(Cl)c1. The zero-order valence-electron chi connectivity index (χ0n) is 11.2. The van der Waals surface area contributed by atoms with Gasteiger partial charge in [-0.05, 0) is 18.6 Å². The number of anilines is 1. The van der Waals surface area contributed by atoms with Crippen molar-refractivity contribution >= 4 is 34.8 Å². The Balaban J connectivity index is 2.33. The van der Waals surface area contributed by atoms with Crippen LogP contribution in [0.3, 0.4) is 0 Å². The van der Waals surface area contributed by atoms with Gasteiger partial charge in [0.2, 0.25) is 0 Å². The van der Waals surface area contributed by atoms with E-state index in [-0.39, 0.29) is 21.6 Å². The highest BCUT2D eigenvalue weighted by Gasteiger charge is 2.10. The molecule has 0 aliphatic heterocycles. The van der Waals surface area contributed by atoms with Crippen LogP contribution in [0.5, 0.6) is 0 Å². The highest BCUT2D eigenvalue weighted by Crippen LogP contribution is 2.29. The topological polar surface area (TPSA) is 73.6 Å². The van der Waals surface area contributed by atoms with Gasteiger partial charge in [0.1, 0.15) is 0 Å². The lowest BCUT2D eigenvalue weighted by Crippen LogP contribution is -2.25. The number of carbonyl (C=O) groups excluding carboxylic acids is 1. The number of nitrogens with two attached hydrogens (primary N) is 1. The molecule has 0 aliphatic carbocycles. The molecule has 3 N–H and O–H groups in total. The molecule has 0 saturated heterocycles. The van der Waals surface area contributed by atoms with Gasteiger partial charge in [-0.3, -0.25) is 4.79 Å². The van der Waals surface area contributed by atoms with Crippen LogP contribution >= 0.6 is 23.2 Å². The molecule has 0 unspecified atom stereocenters. The van der Waals surface area contributed by atoms with Gasteiger partial charge >= 0.3 is 0 Å². The standard InChI is InChI=1S/C13H18Cl2N2O3/c1-19-5-6-20-4-2-3-17-13(18)9-7-10(14)12(15)11(16)8-9/h7-8H,2-6,16H2,1H3,(H,17,18). The number of halogens is 2. The van der Waals surface area contributed by atoms with Gasteiger partial charge in [0.05, 0.1) is 28.9 Å². The summed E-state index contributed by atoms with van der Waals surface area (Å²) in [5.41, 5.74) is 6.32. The summed E-state index contributed by atoms with van der Waals surface area (Å²) in [6, 6.07) is 2.99. The Hall–Kier alpha value is -1.01. The monoisotopic (exact) mass is 320 g/mol. The maximum absolute atomic E-state index is 11.9. The average molecular weight is 321 g/mol. The number of ether oxygens (including phenoxy) is 2. The van der Waals surface area contributed by atoms with Crippen LogP contribution in [0.25, 0.3) is 0 Å². The molecule has 20 heavy (non-hydrogen) atoms. The maximum Gasteiger partial charge on any atom is 0.251 e. The van der Waals surface area contributed by atoms with Crippen molar-refractivity contribution in [2.75, 3.05) is 39.2 Å². The number of nitrogens with one attached hydrogen (secondary N) is 1. The minimum Gasteiger partial charge on any atom is -0.397 e. The molecule has 0 aliphatic rings. The van der Waals surface area contributed by atoms with Crippen LogP contribution in [0.15, 0.2) is 12.1 Å². The number of rotatable bonds is 8. The van der Waals surface area contributed by atoms with E-state index in [2.05, 4.69) is 5.32 Å². The molecule has 0 fully saturated rings. The Morgan fingerprint density at radius 1 is 1.30 bits per heavy atom. The van der Waals surface area contributed by atoms with E-state index in [1.807, 2.05) is 0 Å². The van der Waals surface area contributed by atoms with Crippen molar-refractivity contribution in [1.82, 2.24) is 5.32 Å². The Kier molecular flexibility index (Phi) is 7.69. The second-order valence-corrected chi connectivity index (χ2v) is 4.86. The van der Waals surface area contributed by atoms with Crippen LogP contribution in [0.2, 0.25) is 10.0 Å². The third-order valence-corrected chi connectivity index (χ3v) is 3.32. The van der Waals surface area contributed by atoms with Gasteiger partial charge in [-0.25, -0.2) is 0 Å². The predicted molar refractivity (Wildman–Crippen MR) is 80.5 cm³/mol. The molecule has 1 aromatic carbocycles. The molecule has 5 nitrogen and oxygen atoms in total. The van der Waals surface area contributed by atoms with Crippen LogP contribution < -0.4 is 11.1 Å². The zero-order chi connectivity index (χ0) is 15.0. The fraction of sp³-hybridized carbons (Fsp3) is 0.462. The minimum absolute atomic E-state index is 0.243. The van der Waals surface area contributed by atoms with Gasteiger partial charge in [0.15, 0.2) is 0 Å². The second-order valence-electron chi connectivity index (χ2n) is 4.08. The maximum atomic E-state index is 11.9. The van der Waals surface area contributed by atoms with Gasteiger partial charge < -0.3 is 20.5 Å².